The lowest BCUT2D eigenvalue weighted by Gasteiger charge is -2.30. The maximum atomic E-state index is 2.49. The van der Waals surface area contributed by atoms with Crippen LogP contribution in [0.3, 0.4) is 0 Å². The van der Waals surface area contributed by atoms with Gasteiger partial charge in [0.15, 0.2) is 0 Å². The van der Waals surface area contributed by atoms with Crippen LogP contribution in [0.15, 0.2) is 485 Å². The van der Waals surface area contributed by atoms with E-state index in [1.807, 2.05) is 0 Å². The van der Waals surface area contributed by atoms with Crippen LogP contribution < -0.4 is 30.0 Å². The summed E-state index contributed by atoms with van der Waals surface area (Å²) in [5.74, 6) is 0. The Morgan fingerprint density at radius 3 is 0.708 bits per heavy atom. The molecule has 0 saturated heterocycles. The Labute approximate surface area is 844 Å². The zero-order valence-electron chi connectivity index (χ0n) is 82.5. The minimum absolute atomic E-state index is 1.02. The number of benzene rings is 24. The van der Waals surface area contributed by atoms with Crippen molar-refractivity contribution in [2.24, 2.45) is 0 Å². The van der Waals surface area contributed by atoms with Gasteiger partial charge in [0, 0.05) is 67.5 Å². The van der Waals surface area contributed by atoms with E-state index in [0.29, 0.717) is 0 Å². The van der Waals surface area contributed by atoms with Crippen molar-refractivity contribution in [3.05, 3.63) is 540 Å². The van der Waals surface area contributed by atoms with E-state index in [-0.39, 0.29) is 0 Å². The normalized spacial score (nSPS) is 11.7. The highest BCUT2D eigenvalue weighted by Crippen LogP contribution is 2.53. The first-order valence-electron chi connectivity index (χ1n) is 50.3. The maximum Gasteiger partial charge on any atom is 0.0546 e. The second-order valence-electron chi connectivity index (χ2n) is 38.4. The molecular formula is C140H110N4. The molecule has 0 saturated carbocycles. The average molecular weight is 1850 g/mol. The molecule has 0 spiro atoms. The van der Waals surface area contributed by atoms with Gasteiger partial charge < -0.3 is 19.6 Å². The molecule has 0 heterocycles. The lowest BCUT2D eigenvalue weighted by atomic mass is 9.82. The van der Waals surface area contributed by atoms with Gasteiger partial charge in [-0.3, -0.25) is 0 Å². The number of nitrogens with zero attached hydrogens (tertiary/aromatic N) is 4. The Balaban J connectivity index is 0.000000121. The summed E-state index contributed by atoms with van der Waals surface area (Å²) in [5.41, 5.74) is 39.1. The molecule has 1 aliphatic carbocycles. The fraction of sp³-hybridized carbons (Fsp3) is 0.0714. The SMILES string of the molecule is Cc1ccc(N(c2ccc(C)c(C)c2)c2cc3c(cc(N(c4ccc(C)c(C)c4)c4ccc(C)c(C)c4)c4ccccc43)c3c2=CCCC=3)cc1C.c1ccc(-c2c3ccc(N(c4ccccc4)c4ccccc4)cc3c(-c3ccccc3)c3ccc(N(c4ccccc4)c4ccccc4)cc23)cc1.c1ccc(-c2cc(-c3ccccc3)c3ccc4c(-c5ccccc5)cc(-c5ccccc5)c5ccc2c3c54)cc1. The van der Waals surface area contributed by atoms with Crippen molar-refractivity contribution in [3.8, 4) is 66.8 Å². The molecule has 0 aromatic heterocycles. The molecular weight excluding hydrogens is 1740 g/mol. The van der Waals surface area contributed by atoms with Crippen LogP contribution in [0.4, 0.5) is 68.2 Å². The predicted molar refractivity (Wildman–Crippen MR) is 620 cm³/mol. The summed E-state index contributed by atoms with van der Waals surface area (Å²) in [6, 6.07) is 177. The highest BCUT2D eigenvalue weighted by atomic mass is 15.2. The molecule has 0 aliphatic heterocycles. The first kappa shape index (κ1) is 90.2. The van der Waals surface area contributed by atoms with Gasteiger partial charge in [0.2, 0.25) is 0 Å². The highest BCUT2D eigenvalue weighted by molar-refractivity contribution is 6.32. The zero-order chi connectivity index (χ0) is 97.4. The number of rotatable bonds is 18. The van der Waals surface area contributed by atoms with Gasteiger partial charge in [-0.15, -0.1) is 0 Å². The van der Waals surface area contributed by atoms with Crippen molar-refractivity contribution < 1.29 is 0 Å². The molecule has 690 valence electrons. The Kier molecular flexibility index (Phi) is 24.5. The fourth-order valence-corrected chi connectivity index (χ4v) is 21.8. The molecule has 4 nitrogen and oxygen atoms in total. The third-order valence-electron chi connectivity index (χ3n) is 29.6. The van der Waals surface area contributed by atoms with E-state index < -0.39 is 0 Å². The first-order chi connectivity index (χ1) is 70.8. The topological polar surface area (TPSA) is 13.0 Å². The number of hydrogen-bond donors (Lipinski definition) is 0. The van der Waals surface area contributed by atoms with Crippen LogP contribution >= 0.6 is 0 Å². The van der Waals surface area contributed by atoms with E-state index in [1.54, 1.807) is 0 Å². The van der Waals surface area contributed by atoms with Gasteiger partial charge in [-0.25, -0.2) is 0 Å². The van der Waals surface area contributed by atoms with Gasteiger partial charge >= 0.3 is 0 Å². The van der Waals surface area contributed by atoms with E-state index in [4.69, 9.17) is 0 Å². The number of anilines is 12. The minimum Gasteiger partial charge on any atom is -0.310 e. The molecule has 0 N–H and O–H groups in total. The molecule has 0 fully saturated rings. The van der Waals surface area contributed by atoms with E-state index in [9.17, 15) is 0 Å². The Morgan fingerprint density at radius 1 is 0.146 bits per heavy atom. The maximum absolute atomic E-state index is 2.49. The molecule has 144 heavy (non-hydrogen) atoms. The lowest BCUT2D eigenvalue weighted by Crippen LogP contribution is -2.33. The average Bonchev–Trinajstić information content (AvgIpc) is 0.699. The van der Waals surface area contributed by atoms with Gasteiger partial charge in [0.1, 0.15) is 0 Å². The van der Waals surface area contributed by atoms with Crippen LogP contribution in [0.2, 0.25) is 0 Å². The Hall–Kier alpha value is -17.7. The summed E-state index contributed by atoms with van der Waals surface area (Å²) < 4.78 is 0. The number of hydrogen-bond acceptors (Lipinski definition) is 4. The van der Waals surface area contributed by atoms with Gasteiger partial charge in [-0.2, -0.15) is 0 Å². The van der Waals surface area contributed by atoms with Crippen LogP contribution in [0.5, 0.6) is 0 Å². The Bertz CT molecular complexity index is 8380. The van der Waals surface area contributed by atoms with Crippen molar-refractivity contribution >= 4 is 156 Å². The summed E-state index contributed by atoms with van der Waals surface area (Å²) >= 11 is 0. The van der Waals surface area contributed by atoms with Crippen LogP contribution in [0.1, 0.15) is 57.3 Å². The molecule has 0 bridgehead atoms. The quantitative estimate of drug-likeness (QED) is 0.0627. The van der Waals surface area contributed by atoms with Crippen LogP contribution in [0.25, 0.3) is 154 Å². The summed E-state index contributed by atoms with van der Waals surface area (Å²) in [6.45, 7) is 17.7. The van der Waals surface area contributed by atoms with Crippen LogP contribution in [0, 0.1) is 55.4 Å². The second kappa shape index (κ2) is 39.2. The largest absolute Gasteiger partial charge is 0.310 e. The van der Waals surface area contributed by atoms with Crippen molar-refractivity contribution in [1.29, 1.82) is 0 Å². The molecule has 0 unspecified atom stereocenters. The molecule has 4 heteroatoms. The van der Waals surface area contributed by atoms with Crippen molar-refractivity contribution in [3.63, 3.8) is 0 Å². The summed E-state index contributed by atoms with van der Waals surface area (Å²) in [7, 11) is 0. The molecule has 24 aromatic carbocycles. The van der Waals surface area contributed by atoms with Gasteiger partial charge in [-0.05, 0) is 400 Å². The summed E-state index contributed by atoms with van der Waals surface area (Å²) in [4.78, 5) is 9.67. The molecule has 0 amide bonds. The molecule has 0 radical (unpaired) electrons. The van der Waals surface area contributed by atoms with E-state index in [1.165, 1.54) is 231 Å². The van der Waals surface area contributed by atoms with Crippen LogP contribution in [-0.2, 0) is 0 Å². The minimum atomic E-state index is 1.02. The predicted octanol–water partition coefficient (Wildman–Crippen LogP) is 38.3. The zero-order valence-corrected chi connectivity index (χ0v) is 82.5. The summed E-state index contributed by atoms with van der Waals surface area (Å²) in [5, 5.41) is 20.4. The van der Waals surface area contributed by atoms with Gasteiger partial charge in [0.25, 0.3) is 0 Å². The van der Waals surface area contributed by atoms with Crippen molar-refractivity contribution in [1.82, 2.24) is 0 Å². The third-order valence-corrected chi connectivity index (χ3v) is 29.6. The van der Waals surface area contributed by atoms with E-state index >= 15 is 0 Å². The van der Waals surface area contributed by atoms with E-state index in [2.05, 4.69) is 572 Å². The number of fused-ring (bicyclic) bond motifs is 7. The highest BCUT2D eigenvalue weighted by Gasteiger charge is 2.28. The Morgan fingerprint density at radius 2 is 0.396 bits per heavy atom. The monoisotopic (exact) mass is 1850 g/mol. The number of para-hydroxylation sites is 4. The molecule has 0 atom stereocenters. The molecule has 25 rings (SSSR count). The standard InChI is InChI=1S/C50H36N2.C50H48N2.C40H26/c1-7-19-37(20-8-1)49-45-33-31-44(52(41-27-15-5-16-28-41)42-29-17-6-18-30-42)36-48(45)50(38-21-9-2-10-22-38)46-34-32-43(35-47(46)49)51(39-23-11-3-12-24-39)40-25-13-4-14-26-40;1-31-17-21-39(25-35(31)5)51(40-22-18-32(2)36(6)26-40)49-29-47-44-14-10-12-16-46(44)50(30-48(47)43-13-9-11-15-45(43)49)52(41-23-19-33(3)37(7)27-41)42-24-20-34(4)38(8)28-42;1-5-13-27(14-6-1)35-25-36(28-15-7-2-8-16-28)32-23-24-34-38(30-19-11-4-12-20-30)26-37(29-17-9-3-10-18-29)33-22-21-31(35)39(32)40(33)34/h1-36H;9,11,13-30H,10,12H2,1-8H3;1-26H. The molecule has 1 aliphatic rings. The summed E-state index contributed by atoms with van der Waals surface area (Å²) in [6.07, 6.45) is 7.00. The first-order valence-corrected chi connectivity index (χ1v) is 50.3. The lowest BCUT2D eigenvalue weighted by molar-refractivity contribution is 1.11. The van der Waals surface area contributed by atoms with Gasteiger partial charge in [-0.1, -0.05) is 352 Å². The van der Waals surface area contributed by atoms with Crippen molar-refractivity contribution in [2.75, 3.05) is 19.6 Å². The van der Waals surface area contributed by atoms with E-state index in [0.717, 1.165) is 47.0 Å². The van der Waals surface area contributed by atoms with Crippen LogP contribution in [-0.4, -0.2) is 0 Å². The third kappa shape index (κ3) is 17.1. The molecule has 24 aromatic rings. The van der Waals surface area contributed by atoms with Crippen molar-refractivity contribution in [2.45, 2.75) is 68.2 Å². The second-order valence-corrected chi connectivity index (χ2v) is 38.4. The smallest absolute Gasteiger partial charge is 0.0546 e. The fourth-order valence-electron chi connectivity index (χ4n) is 21.8. The number of aryl methyl sites for hydroxylation is 8. The van der Waals surface area contributed by atoms with Gasteiger partial charge in [0.05, 0.1) is 11.4 Å².